The third-order valence-corrected chi connectivity index (χ3v) is 3.08. The van der Waals surface area contributed by atoms with E-state index < -0.39 is 18.5 Å². The van der Waals surface area contributed by atoms with Gasteiger partial charge in [0.1, 0.15) is 0 Å². The van der Waals surface area contributed by atoms with Gasteiger partial charge in [-0.25, -0.2) is 14.6 Å². The summed E-state index contributed by atoms with van der Waals surface area (Å²) in [5.74, 6) is -1.69. The molecule has 0 spiro atoms. The second-order valence-electron chi connectivity index (χ2n) is 4.74. The highest BCUT2D eigenvalue weighted by atomic mass is 16.7. The number of hydrogen-bond donors (Lipinski definition) is 1. The SMILES string of the molecule is CCOC(=O)COn1c(-c2cccc(C#N)c2)nc(C)c1C(=O)O. The quantitative estimate of drug-likeness (QED) is 0.797. The van der Waals surface area contributed by atoms with Gasteiger partial charge in [0.15, 0.2) is 11.5 Å². The number of carbonyl (C=O) groups excluding carboxylic acids is 1. The minimum absolute atomic E-state index is 0.186. The van der Waals surface area contributed by atoms with E-state index in [1.54, 1.807) is 31.2 Å². The predicted molar refractivity (Wildman–Crippen MR) is 82.2 cm³/mol. The zero-order chi connectivity index (χ0) is 17.7. The number of carboxylic acids is 1. The van der Waals surface area contributed by atoms with E-state index in [0.29, 0.717) is 11.1 Å². The van der Waals surface area contributed by atoms with E-state index in [0.717, 1.165) is 4.73 Å². The van der Waals surface area contributed by atoms with E-state index in [4.69, 9.17) is 14.8 Å². The topological polar surface area (TPSA) is 114 Å². The lowest BCUT2D eigenvalue weighted by Gasteiger charge is -2.11. The highest BCUT2D eigenvalue weighted by Gasteiger charge is 2.23. The van der Waals surface area contributed by atoms with Gasteiger partial charge in [-0.05, 0) is 26.0 Å². The maximum absolute atomic E-state index is 11.5. The molecule has 2 rings (SSSR count). The summed E-state index contributed by atoms with van der Waals surface area (Å²) in [6.07, 6.45) is 0. The molecule has 8 nitrogen and oxygen atoms in total. The highest BCUT2D eigenvalue weighted by Crippen LogP contribution is 2.22. The van der Waals surface area contributed by atoms with Gasteiger partial charge in [-0.1, -0.05) is 12.1 Å². The van der Waals surface area contributed by atoms with Gasteiger partial charge in [0.25, 0.3) is 0 Å². The van der Waals surface area contributed by atoms with Crippen LogP contribution in [0.15, 0.2) is 24.3 Å². The van der Waals surface area contributed by atoms with Crippen molar-refractivity contribution in [1.82, 2.24) is 9.71 Å². The maximum atomic E-state index is 11.5. The van der Waals surface area contributed by atoms with Crippen LogP contribution >= 0.6 is 0 Å². The third kappa shape index (κ3) is 3.52. The number of aromatic carboxylic acids is 1. The Morgan fingerprint density at radius 2 is 2.17 bits per heavy atom. The molecule has 0 fully saturated rings. The first-order valence-corrected chi connectivity index (χ1v) is 7.10. The second kappa shape index (κ2) is 7.28. The molecule has 1 N–H and O–H groups in total. The average molecular weight is 329 g/mol. The molecule has 1 aromatic heterocycles. The van der Waals surface area contributed by atoms with Gasteiger partial charge >= 0.3 is 11.9 Å². The summed E-state index contributed by atoms with van der Waals surface area (Å²) < 4.78 is 5.74. The zero-order valence-electron chi connectivity index (χ0n) is 13.1. The molecule has 0 radical (unpaired) electrons. The van der Waals surface area contributed by atoms with E-state index in [2.05, 4.69) is 4.98 Å². The summed E-state index contributed by atoms with van der Waals surface area (Å²) >= 11 is 0. The Hall–Kier alpha value is -3.34. The molecule has 0 amide bonds. The van der Waals surface area contributed by atoms with Crippen molar-refractivity contribution < 1.29 is 24.3 Å². The van der Waals surface area contributed by atoms with Crippen molar-refractivity contribution in [2.45, 2.75) is 13.8 Å². The Kier molecular flexibility index (Phi) is 5.16. The van der Waals surface area contributed by atoms with Crippen LogP contribution in [-0.4, -0.2) is 40.0 Å². The molecule has 1 aromatic carbocycles. The van der Waals surface area contributed by atoms with Crippen molar-refractivity contribution in [3.8, 4) is 17.5 Å². The first-order valence-electron chi connectivity index (χ1n) is 7.10. The number of nitrogens with zero attached hydrogens (tertiary/aromatic N) is 3. The van der Waals surface area contributed by atoms with Gasteiger partial charge in [-0.2, -0.15) is 9.99 Å². The van der Waals surface area contributed by atoms with Crippen molar-refractivity contribution in [2.75, 3.05) is 13.2 Å². The lowest BCUT2D eigenvalue weighted by atomic mass is 10.1. The molecule has 8 heteroatoms. The van der Waals surface area contributed by atoms with Crippen LogP contribution in [0.3, 0.4) is 0 Å². The standard InChI is InChI=1S/C16H15N3O5/c1-3-23-13(20)9-24-19-14(16(21)22)10(2)18-15(19)12-6-4-5-11(7-12)8-17/h4-7H,3,9H2,1-2H3,(H,21,22). The molecule has 0 saturated heterocycles. The number of imidazole rings is 1. The Balaban J connectivity index is 2.47. The smallest absolute Gasteiger partial charge is 0.357 e. The molecule has 0 atom stereocenters. The van der Waals surface area contributed by atoms with E-state index >= 15 is 0 Å². The van der Waals surface area contributed by atoms with Gasteiger partial charge in [0.05, 0.1) is 23.9 Å². The van der Waals surface area contributed by atoms with Crippen molar-refractivity contribution in [3.63, 3.8) is 0 Å². The van der Waals surface area contributed by atoms with Gasteiger partial charge in [-0.15, -0.1) is 0 Å². The van der Waals surface area contributed by atoms with E-state index in [1.807, 2.05) is 6.07 Å². The van der Waals surface area contributed by atoms with Crippen molar-refractivity contribution in [3.05, 3.63) is 41.2 Å². The molecular weight excluding hydrogens is 314 g/mol. The first-order chi connectivity index (χ1) is 11.5. The number of carboxylic acid groups (broad SMARTS) is 1. The Morgan fingerprint density at radius 3 is 2.79 bits per heavy atom. The van der Waals surface area contributed by atoms with Crippen molar-refractivity contribution in [1.29, 1.82) is 5.26 Å². The monoisotopic (exact) mass is 329 g/mol. The molecule has 0 saturated carbocycles. The number of aromatic nitrogens is 2. The average Bonchev–Trinajstić information content (AvgIpc) is 2.90. The molecule has 0 aliphatic heterocycles. The van der Waals surface area contributed by atoms with Crippen LogP contribution in [0.25, 0.3) is 11.4 Å². The van der Waals surface area contributed by atoms with Gasteiger partial charge < -0.3 is 14.7 Å². The largest absolute Gasteiger partial charge is 0.476 e. The normalized spacial score (nSPS) is 10.0. The Morgan fingerprint density at radius 1 is 1.42 bits per heavy atom. The van der Waals surface area contributed by atoms with Crippen LogP contribution in [-0.2, 0) is 9.53 Å². The summed E-state index contributed by atoms with van der Waals surface area (Å²) in [4.78, 5) is 32.5. The minimum Gasteiger partial charge on any atom is -0.476 e. The van der Waals surface area contributed by atoms with Gasteiger partial charge in [-0.3, -0.25) is 0 Å². The van der Waals surface area contributed by atoms with Crippen molar-refractivity contribution >= 4 is 11.9 Å². The maximum Gasteiger partial charge on any atom is 0.357 e. The van der Waals surface area contributed by atoms with E-state index in [9.17, 15) is 14.7 Å². The molecule has 0 aliphatic rings. The molecule has 2 aromatic rings. The Labute approximate surface area is 137 Å². The summed E-state index contributed by atoms with van der Waals surface area (Å²) in [6.45, 7) is 2.90. The van der Waals surface area contributed by atoms with Crippen LogP contribution in [0.2, 0.25) is 0 Å². The summed E-state index contributed by atoms with van der Waals surface area (Å²) in [5.41, 5.74) is 0.913. The van der Waals surface area contributed by atoms with Crippen LogP contribution in [0.5, 0.6) is 0 Å². The van der Waals surface area contributed by atoms with Crippen molar-refractivity contribution in [2.24, 2.45) is 0 Å². The van der Waals surface area contributed by atoms with Gasteiger partial charge in [0.2, 0.25) is 6.61 Å². The number of aryl methyl sites for hydroxylation is 1. The minimum atomic E-state index is -1.24. The van der Waals surface area contributed by atoms with Crippen LogP contribution in [0.4, 0.5) is 0 Å². The molecule has 124 valence electrons. The number of esters is 1. The van der Waals surface area contributed by atoms with E-state index in [1.165, 1.54) is 6.92 Å². The number of ether oxygens (including phenoxy) is 1. The first kappa shape index (κ1) is 17.0. The number of hydrogen-bond acceptors (Lipinski definition) is 6. The lowest BCUT2D eigenvalue weighted by Crippen LogP contribution is -2.25. The fraction of sp³-hybridized carbons (Fsp3) is 0.250. The fourth-order valence-corrected chi connectivity index (χ4v) is 2.11. The molecule has 0 unspecified atom stereocenters. The van der Waals surface area contributed by atoms with Crippen LogP contribution < -0.4 is 4.84 Å². The molecule has 1 heterocycles. The molecule has 0 bridgehead atoms. The number of nitriles is 1. The Bertz CT molecular complexity index is 820. The summed E-state index contributed by atoms with van der Waals surface area (Å²) in [5, 5.41) is 18.4. The highest BCUT2D eigenvalue weighted by molar-refractivity contribution is 5.88. The number of rotatable bonds is 6. The molecule has 0 aliphatic carbocycles. The molecular formula is C16H15N3O5. The number of benzene rings is 1. The predicted octanol–water partition coefficient (Wildman–Crippen LogP) is 1.42. The third-order valence-electron chi connectivity index (χ3n) is 3.08. The lowest BCUT2D eigenvalue weighted by molar-refractivity contribution is -0.148. The fourth-order valence-electron chi connectivity index (χ4n) is 2.11. The second-order valence-corrected chi connectivity index (χ2v) is 4.74. The van der Waals surface area contributed by atoms with Crippen LogP contribution in [0.1, 0.15) is 28.7 Å². The number of carbonyl (C=O) groups is 2. The van der Waals surface area contributed by atoms with Crippen LogP contribution in [0, 0.1) is 18.3 Å². The molecule has 24 heavy (non-hydrogen) atoms. The van der Waals surface area contributed by atoms with E-state index in [-0.39, 0.29) is 23.8 Å². The zero-order valence-corrected chi connectivity index (χ0v) is 13.1. The summed E-state index contributed by atoms with van der Waals surface area (Å²) in [7, 11) is 0. The summed E-state index contributed by atoms with van der Waals surface area (Å²) in [6, 6.07) is 8.48. The van der Waals surface area contributed by atoms with Gasteiger partial charge in [0, 0.05) is 5.56 Å².